The predicted molar refractivity (Wildman–Crippen MR) is 198 cm³/mol. The molecule has 0 atom stereocenters. The number of rotatable bonds is 8. The van der Waals surface area contributed by atoms with Crippen LogP contribution < -0.4 is 15.0 Å². The quantitative estimate of drug-likeness (QED) is 0.185. The number of nitrogens with zero attached hydrogens (tertiary/aromatic N) is 7. The van der Waals surface area contributed by atoms with Crippen molar-refractivity contribution >= 4 is 34.9 Å². The van der Waals surface area contributed by atoms with E-state index in [1.54, 1.807) is 12.0 Å². The molecular formula is C38H50N8O6. The molecule has 2 fully saturated rings. The summed E-state index contributed by atoms with van der Waals surface area (Å²) in [5.74, 6) is 2.21. The number of pyridine rings is 1. The number of nitrogens with one attached hydrogen (secondary N) is 1. The van der Waals surface area contributed by atoms with Crippen LogP contribution in [0.1, 0.15) is 84.7 Å². The Bertz CT molecular complexity index is 1850. The number of piperidine rings is 2. The number of benzene rings is 1. The molecule has 5 heterocycles. The van der Waals surface area contributed by atoms with Gasteiger partial charge in [-0.25, -0.2) is 14.6 Å². The van der Waals surface area contributed by atoms with Crippen molar-refractivity contribution in [3.05, 3.63) is 54.2 Å². The zero-order valence-electron chi connectivity index (χ0n) is 31.2. The third-order valence-electron chi connectivity index (χ3n) is 9.09. The molecule has 52 heavy (non-hydrogen) atoms. The normalized spacial score (nSPS) is 16.2. The summed E-state index contributed by atoms with van der Waals surface area (Å²) in [6, 6.07) is 13.8. The van der Waals surface area contributed by atoms with Crippen LogP contribution in [-0.4, -0.2) is 93.3 Å². The molecule has 14 heteroatoms. The van der Waals surface area contributed by atoms with Gasteiger partial charge in [0.2, 0.25) is 0 Å². The van der Waals surface area contributed by atoms with Crippen molar-refractivity contribution in [3.8, 4) is 17.0 Å². The van der Waals surface area contributed by atoms with Crippen LogP contribution in [0.5, 0.6) is 5.75 Å². The first-order valence-corrected chi connectivity index (χ1v) is 17.9. The minimum Gasteiger partial charge on any atom is -0.467 e. The highest BCUT2D eigenvalue weighted by molar-refractivity contribution is 5.96. The Kier molecular flexibility index (Phi) is 10.8. The van der Waals surface area contributed by atoms with Gasteiger partial charge < -0.3 is 28.7 Å². The van der Waals surface area contributed by atoms with Crippen LogP contribution in [0.4, 0.5) is 21.2 Å². The maximum atomic E-state index is 12.8. The number of carbonyl (C=O) groups is 2. The van der Waals surface area contributed by atoms with Crippen LogP contribution >= 0.6 is 0 Å². The summed E-state index contributed by atoms with van der Waals surface area (Å²) in [6.07, 6.45) is 4.51. The van der Waals surface area contributed by atoms with E-state index in [0.717, 1.165) is 55.7 Å². The number of methoxy groups -OCH3 is 1. The molecule has 2 aliphatic rings. The molecule has 278 valence electrons. The summed E-state index contributed by atoms with van der Waals surface area (Å²) in [5, 5.41) is 16.7. The summed E-state index contributed by atoms with van der Waals surface area (Å²) in [7, 11) is 1.57. The summed E-state index contributed by atoms with van der Waals surface area (Å²) in [5.41, 5.74) is 2.62. The SMILES string of the molecule is COCOc1ccccc1-c1cc2c(nn1)c(NC(=O)OC(C)(C)C)nn2C1CCN(c2ccc(C3CCN(C(=O)OC(C)(C)C)CC3)cn2)CC1. The Morgan fingerprint density at radius 3 is 2.25 bits per heavy atom. The third-order valence-corrected chi connectivity index (χ3v) is 9.09. The lowest BCUT2D eigenvalue weighted by Gasteiger charge is -2.34. The van der Waals surface area contributed by atoms with Crippen LogP contribution in [0.3, 0.4) is 0 Å². The van der Waals surface area contributed by atoms with E-state index < -0.39 is 17.3 Å². The number of amides is 2. The first-order valence-electron chi connectivity index (χ1n) is 17.9. The molecule has 14 nitrogen and oxygen atoms in total. The number of para-hydroxylation sites is 1. The van der Waals surface area contributed by atoms with Crippen LogP contribution in [-0.2, 0) is 14.2 Å². The topological polar surface area (TPSA) is 146 Å². The van der Waals surface area contributed by atoms with Crippen molar-refractivity contribution in [2.75, 3.05) is 50.3 Å². The number of aromatic nitrogens is 5. The molecule has 1 N–H and O–H groups in total. The van der Waals surface area contributed by atoms with Gasteiger partial charge in [0.15, 0.2) is 18.1 Å². The van der Waals surface area contributed by atoms with Gasteiger partial charge in [-0.3, -0.25) is 10.00 Å². The second-order valence-corrected chi connectivity index (χ2v) is 15.3. The van der Waals surface area contributed by atoms with Crippen molar-refractivity contribution in [2.24, 2.45) is 0 Å². The van der Waals surface area contributed by atoms with Gasteiger partial charge >= 0.3 is 12.2 Å². The molecular weight excluding hydrogens is 664 g/mol. The van der Waals surface area contributed by atoms with Crippen molar-refractivity contribution in [2.45, 2.75) is 90.4 Å². The Morgan fingerprint density at radius 2 is 1.60 bits per heavy atom. The van der Waals surface area contributed by atoms with E-state index in [9.17, 15) is 9.59 Å². The number of hydrogen-bond acceptors (Lipinski definition) is 11. The Labute approximate surface area is 304 Å². The largest absolute Gasteiger partial charge is 0.467 e. The lowest BCUT2D eigenvalue weighted by molar-refractivity contribution is 0.0204. The fraction of sp³-hybridized carbons (Fsp3) is 0.526. The van der Waals surface area contributed by atoms with Crippen molar-refractivity contribution in [3.63, 3.8) is 0 Å². The average Bonchev–Trinajstić information content (AvgIpc) is 3.46. The highest BCUT2D eigenvalue weighted by atomic mass is 16.7. The predicted octanol–water partition coefficient (Wildman–Crippen LogP) is 7.17. The number of fused-ring (bicyclic) bond motifs is 1. The van der Waals surface area contributed by atoms with E-state index in [0.29, 0.717) is 41.8 Å². The van der Waals surface area contributed by atoms with Crippen LogP contribution in [0.2, 0.25) is 0 Å². The fourth-order valence-electron chi connectivity index (χ4n) is 6.64. The van der Waals surface area contributed by atoms with E-state index in [-0.39, 0.29) is 18.9 Å². The molecule has 0 saturated carbocycles. The van der Waals surface area contributed by atoms with E-state index in [2.05, 4.69) is 32.5 Å². The zero-order valence-corrected chi connectivity index (χ0v) is 31.2. The maximum Gasteiger partial charge on any atom is 0.413 e. The zero-order chi connectivity index (χ0) is 37.0. The number of carbonyl (C=O) groups excluding carboxylic acids is 2. The molecule has 2 saturated heterocycles. The molecule has 0 unspecified atom stereocenters. The molecule has 2 aliphatic heterocycles. The van der Waals surface area contributed by atoms with E-state index in [4.69, 9.17) is 29.0 Å². The van der Waals surface area contributed by atoms with E-state index in [1.807, 2.05) is 82.8 Å². The summed E-state index contributed by atoms with van der Waals surface area (Å²) in [6.45, 7) is 14.1. The molecule has 0 spiro atoms. The molecule has 3 aromatic heterocycles. The Hall–Kier alpha value is -4.98. The lowest BCUT2D eigenvalue weighted by Crippen LogP contribution is -2.41. The Balaban J connectivity index is 1.16. The van der Waals surface area contributed by atoms with Gasteiger partial charge in [-0.1, -0.05) is 18.2 Å². The number of ether oxygens (including phenoxy) is 4. The summed E-state index contributed by atoms with van der Waals surface area (Å²) < 4.78 is 24.0. The number of anilines is 2. The monoisotopic (exact) mass is 714 g/mol. The van der Waals surface area contributed by atoms with E-state index in [1.165, 1.54) is 5.56 Å². The molecule has 0 bridgehead atoms. The van der Waals surface area contributed by atoms with Gasteiger partial charge in [0.1, 0.15) is 22.8 Å². The van der Waals surface area contributed by atoms with Crippen molar-refractivity contribution in [1.29, 1.82) is 0 Å². The standard InChI is InChI=1S/C38H50N8O6/c1-37(2,3)51-35(47)40-34-33-30(22-29(41-42-33)28-10-8-9-11-31(28)50-24-49-7)46(43-34)27-16-20-44(21-17-27)32-13-12-26(23-39-32)25-14-18-45(19-15-25)36(48)52-38(4,5)6/h8-13,22-23,25,27H,14-21,24H2,1-7H3,(H,40,43,47). The number of likely N-dealkylation sites (tertiary alicyclic amines) is 1. The second-order valence-electron chi connectivity index (χ2n) is 15.3. The first-order chi connectivity index (χ1) is 24.8. The summed E-state index contributed by atoms with van der Waals surface area (Å²) in [4.78, 5) is 34.3. The fourth-order valence-corrected chi connectivity index (χ4v) is 6.64. The molecule has 0 aliphatic carbocycles. The highest BCUT2D eigenvalue weighted by Gasteiger charge is 2.30. The first kappa shape index (κ1) is 36.8. The second kappa shape index (κ2) is 15.3. The van der Waals surface area contributed by atoms with Crippen LogP contribution in [0, 0.1) is 0 Å². The molecule has 0 radical (unpaired) electrons. The van der Waals surface area contributed by atoms with Gasteiger partial charge in [0, 0.05) is 45.0 Å². The number of hydrogen-bond donors (Lipinski definition) is 1. The van der Waals surface area contributed by atoms with Crippen LogP contribution in [0.25, 0.3) is 22.3 Å². The van der Waals surface area contributed by atoms with Crippen LogP contribution in [0.15, 0.2) is 48.7 Å². The minimum atomic E-state index is -0.675. The highest BCUT2D eigenvalue weighted by Crippen LogP contribution is 2.35. The Morgan fingerprint density at radius 1 is 0.885 bits per heavy atom. The maximum absolute atomic E-state index is 12.8. The summed E-state index contributed by atoms with van der Waals surface area (Å²) >= 11 is 0. The smallest absolute Gasteiger partial charge is 0.413 e. The minimum absolute atomic E-state index is 0.0411. The molecule has 6 rings (SSSR count). The van der Waals surface area contributed by atoms with Gasteiger partial charge in [-0.2, -0.15) is 5.10 Å². The van der Waals surface area contributed by atoms with Gasteiger partial charge in [0.05, 0.1) is 17.3 Å². The van der Waals surface area contributed by atoms with Gasteiger partial charge in [0.25, 0.3) is 0 Å². The van der Waals surface area contributed by atoms with Crippen molar-refractivity contribution < 1.29 is 28.5 Å². The molecule has 1 aromatic carbocycles. The molecule has 4 aromatic rings. The molecule has 2 amide bonds. The average molecular weight is 715 g/mol. The third kappa shape index (κ3) is 8.90. The van der Waals surface area contributed by atoms with Gasteiger partial charge in [-0.15, -0.1) is 10.2 Å². The van der Waals surface area contributed by atoms with Gasteiger partial charge in [-0.05, 0) is 103 Å². The van der Waals surface area contributed by atoms with E-state index >= 15 is 0 Å². The lowest BCUT2D eigenvalue weighted by atomic mass is 9.90. The van der Waals surface area contributed by atoms with Crippen molar-refractivity contribution in [1.82, 2.24) is 29.9 Å².